The Morgan fingerprint density at radius 2 is 1.73 bits per heavy atom. The molecule has 1 aliphatic carbocycles. The van der Waals surface area contributed by atoms with Crippen LogP contribution in [-0.4, -0.2) is 35.7 Å². The molecule has 0 spiro atoms. The van der Waals surface area contributed by atoms with Crippen LogP contribution in [0, 0.1) is 17.8 Å². The maximum absolute atomic E-state index is 11.1. The fourth-order valence-corrected chi connectivity index (χ4v) is 4.39. The van der Waals surface area contributed by atoms with Crippen LogP contribution in [0.4, 0.5) is 0 Å². The molecule has 4 atom stereocenters. The third-order valence-electron chi connectivity index (χ3n) is 5.82. The van der Waals surface area contributed by atoms with Gasteiger partial charge in [-0.25, -0.2) is 0 Å². The van der Waals surface area contributed by atoms with E-state index in [1.807, 2.05) is 24.3 Å². The van der Waals surface area contributed by atoms with E-state index in [1.54, 1.807) is 0 Å². The van der Waals surface area contributed by atoms with E-state index >= 15 is 0 Å². The van der Waals surface area contributed by atoms with Crippen LogP contribution in [0.5, 0.6) is 11.5 Å². The summed E-state index contributed by atoms with van der Waals surface area (Å²) < 4.78 is 11.8. The Bertz CT molecular complexity index is 822. The Labute approximate surface area is 152 Å². The first-order valence-corrected chi connectivity index (χ1v) is 9.11. The van der Waals surface area contributed by atoms with Crippen molar-refractivity contribution in [2.45, 2.75) is 12.6 Å². The minimum Gasteiger partial charge on any atom is -0.485 e. The number of piperidine rings is 1. The Hall–Kier alpha value is -2.53. The molecular formula is C21H21NO4. The number of ether oxygens (including phenoxy) is 2. The van der Waals surface area contributed by atoms with Crippen molar-refractivity contribution in [1.29, 1.82) is 0 Å². The number of benzene rings is 2. The molecule has 3 aliphatic rings. The van der Waals surface area contributed by atoms with E-state index in [4.69, 9.17) is 14.6 Å². The Kier molecular flexibility index (Phi) is 3.64. The van der Waals surface area contributed by atoms with Gasteiger partial charge < -0.3 is 14.6 Å². The van der Waals surface area contributed by atoms with Gasteiger partial charge in [-0.2, -0.15) is 0 Å². The minimum absolute atomic E-state index is 0.0882. The van der Waals surface area contributed by atoms with Crippen LogP contribution in [0.15, 0.2) is 48.5 Å². The van der Waals surface area contributed by atoms with E-state index in [0.717, 1.165) is 36.7 Å². The van der Waals surface area contributed by atoms with E-state index in [9.17, 15) is 4.79 Å². The summed E-state index contributed by atoms with van der Waals surface area (Å²) in [6.07, 6.45) is -0.0882. The summed E-state index contributed by atoms with van der Waals surface area (Å²) in [5.74, 6) is 1.59. The average Bonchev–Trinajstić information content (AvgIpc) is 3.19. The molecule has 2 aliphatic heterocycles. The predicted molar refractivity (Wildman–Crippen MR) is 95.1 cm³/mol. The third-order valence-corrected chi connectivity index (χ3v) is 5.82. The fourth-order valence-electron chi connectivity index (χ4n) is 4.39. The van der Waals surface area contributed by atoms with Crippen LogP contribution in [-0.2, 0) is 11.3 Å². The summed E-state index contributed by atoms with van der Waals surface area (Å²) in [5.41, 5.74) is 2.36. The van der Waals surface area contributed by atoms with Gasteiger partial charge in [-0.3, -0.25) is 9.69 Å². The van der Waals surface area contributed by atoms with Gasteiger partial charge in [0.25, 0.3) is 0 Å². The summed E-state index contributed by atoms with van der Waals surface area (Å²) >= 11 is 0. The van der Waals surface area contributed by atoms with Crippen molar-refractivity contribution in [2.24, 2.45) is 17.8 Å². The second kappa shape index (κ2) is 6.02. The molecule has 1 saturated heterocycles. The normalized spacial score (nSPS) is 29.2. The lowest BCUT2D eigenvalue weighted by Crippen LogP contribution is -2.26. The molecule has 0 radical (unpaired) electrons. The van der Waals surface area contributed by atoms with Crippen LogP contribution >= 0.6 is 0 Å². The van der Waals surface area contributed by atoms with E-state index in [-0.39, 0.29) is 12.0 Å². The van der Waals surface area contributed by atoms with Gasteiger partial charge in [0.05, 0.1) is 5.92 Å². The van der Waals surface area contributed by atoms with Crippen LogP contribution in [0.25, 0.3) is 0 Å². The second-order valence-electron chi connectivity index (χ2n) is 7.49. The molecule has 5 heteroatoms. The summed E-state index contributed by atoms with van der Waals surface area (Å²) in [5, 5.41) is 9.11. The summed E-state index contributed by atoms with van der Waals surface area (Å²) in [6.45, 7) is 3.20. The molecule has 0 bridgehead atoms. The van der Waals surface area contributed by atoms with E-state index in [2.05, 4.69) is 29.2 Å². The molecule has 26 heavy (non-hydrogen) atoms. The molecule has 2 fully saturated rings. The molecule has 5 rings (SSSR count). The first-order valence-electron chi connectivity index (χ1n) is 9.11. The van der Waals surface area contributed by atoms with Gasteiger partial charge in [-0.05, 0) is 35.1 Å². The highest BCUT2D eigenvalue weighted by Crippen LogP contribution is 2.52. The van der Waals surface area contributed by atoms with E-state index in [0.29, 0.717) is 18.4 Å². The van der Waals surface area contributed by atoms with Crippen molar-refractivity contribution >= 4 is 5.97 Å². The predicted octanol–water partition coefficient (Wildman–Crippen LogP) is 2.96. The van der Waals surface area contributed by atoms with Crippen molar-refractivity contribution in [3.8, 4) is 11.5 Å². The van der Waals surface area contributed by atoms with Crippen molar-refractivity contribution in [1.82, 2.24) is 4.90 Å². The standard InChI is InChI=1S/C21H21NO4/c23-21(24)20-15-10-22(11-16(15)20)9-13-5-7-14(8-6-13)19-12-25-17-3-1-2-4-18(17)26-19/h1-8,15-16,19-20H,9-12H2,(H,23,24)/t15-,16?,19-,20?/m1/s1. The minimum atomic E-state index is -0.625. The van der Waals surface area contributed by atoms with Gasteiger partial charge >= 0.3 is 5.97 Å². The number of hydrogen-bond donors (Lipinski definition) is 1. The maximum Gasteiger partial charge on any atom is 0.307 e. The molecule has 0 amide bonds. The van der Waals surface area contributed by atoms with Crippen LogP contribution in [0.3, 0.4) is 0 Å². The fraction of sp³-hybridized carbons (Fsp3) is 0.381. The van der Waals surface area contributed by atoms with Crippen molar-refractivity contribution in [3.63, 3.8) is 0 Å². The van der Waals surface area contributed by atoms with Crippen molar-refractivity contribution in [2.75, 3.05) is 19.7 Å². The molecule has 1 N–H and O–H groups in total. The highest BCUT2D eigenvalue weighted by molar-refractivity contribution is 5.74. The van der Waals surface area contributed by atoms with Gasteiger partial charge in [0.2, 0.25) is 0 Å². The van der Waals surface area contributed by atoms with Gasteiger partial charge in [0, 0.05) is 19.6 Å². The van der Waals surface area contributed by atoms with Gasteiger partial charge in [0.1, 0.15) is 6.61 Å². The van der Waals surface area contributed by atoms with Crippen LogP contribution in [0.1, 0.15) is 17.2 Å². The molecule has 2 aromatic rings. The quantitative estimate of drug-likeness (QED) is 0.918. The summed E-state index contributed by atoms with van der Waals surface area (Å²) in [7, 11) is 0. The third kappa shape index (κ3) is 2.72. The van der Waals surface area contributed by atoms with Gasteiger partial charge in [-0.15, -0.1) is 0 Å². The number of rotatable bonds is 4. The molecule has 0 aromatic heterocycles. The SMILES string of the molecule is O=C(O)C1C2CN(Cc3ccc([C@H]4COc5ccccc5O4)cc3)C[C@H]21. The first-order chi connectivity index (χ1) is 12.7. The molecule has 134 valence electrons. The van der Waals surface area contributed by atoms with Crippen LogP contribution in [0.2, 0.25) is 0 Å². The number of carboxylic acids is 1. The lowest BCUT2D eigenvalue weighted by atomic mass is 10.1. The summed E-state index contributed by atoms with van der Waals surface area (Å²) in [6, 6.07) is 16.2. The molecule has 2 heterocycles. The highest BCUT2D eigenvalue weighted by atomic mass is 16.6. The Morgan fingerprint density at radius 1 is 1.04 bits per heavy atom. The van der Waals surface area contributed by atoms with E-state index in [1.165, 1.54) is 5.56 Å². The zero-order chi connectivity index (χ0) is 17.7. The number of nitrogens with zero attached hydrogens (tertiary/aromatic N) is 1. The lowest BCUT2D eigenvalue weighted by Gasteiger charge is -2.27. The maximum atomic E-state index is 11.1. The number of carboxylic acid groups (broad SMARTS) is 1. The second-order valence-corrected chi connectivity index (χ2v) is 7.49. The Balaban J connectivity index is 1.20. The first kappa shape index (κ1) is 15.7. The molecule has 1 saturated carbocycles. The number of para-hydroxylation sites is 2. The topological polar surface area (TPSA) is 59.0 Å². The summed E-state index contributed by atoms with van der Waals surface area (Å²) in [4.78, 5) is 13.4. The Morgan fingerprint density at radius 3 is 2.42 bits per heavy atom. The van der Waals surface area contributed by atoms with Crippen molar-refractivity contribution in [3.05, 3.63) is 59.7 Å². The number of fused-ring (bicyclic) bond motifs is 2. The number of likely N-dealkylation sites (tertiary alicyclic amines) is 1. The number of hydrogen-bond acceptors (Lipinski definition) is 4. The molecule has 2 aromatic carbocycles. The highest BCUT2D eigenvalue weighted by Gasteiger charge is 2.59. The van der Waals surface area contributed by atoms with Crippen LogP contribution < -0.4 is 9.47 Å². The van der Waals surface area contributed by atoms with Gasteiger partial charge in [-0.1, -0.05) is 36.4 Å². The average molecular weight is 351 g/mol. The van der Waals surface area contributed by atoms with Crippen molar-refractivity contribution < 1.29 is 19.4 Å². The molecular weight excluding hydrogens is 330 g/mol. The van der Waals surface area contributed by atoms with E-state index < -0.39 is 5.97 Å². The monoisotopic (exact) mass is 351 g/mol. The largest absolute Gasteiger partial charge is 0.485 e. The zero-order valence-electron chi connectivity index (χ0n) is 14.4. The number of aliphatic carboxylic acids is 1. The smallest absolute Gasteiger partial charge is 0.307 e. The molecule has 2 unspecified atom stereocenters. The number of carbonyl (C=O) groups is 1. The lowest BCUT2D eigenvalue weighted by molar-refractivity contribution is -0.139. The zero-order valence-corrected chi connectivity index (χ0v) is 14.4. The van der Waals surface area contributed by atoms with Gasteiger partial charge in [0.15, 0.2) is 17.6 Å². The molecule has 5 nitrogen and oxygen atoms in total.